The molecule has 1 aromatic heterocycles. The molecule has 2 aromatic rings. The zero-order chi connectivity index (χ0) is 18.6. The Kier molecular flexibility index (Phi) is 7.77. The molecule has 0 radical (unpaired) electrons. The second-order valence-electron chi connectivity index (χ2n) is 7.19. The lowest BCUT2D eigenvalue weighted by atomic mass is 10.1. The molecule has 1 saturated carbocycles. The van der Waals surface area contributed by atoms with Crippen LogP contribution in [0.25, 0.3) is 0 Å². The Bertz CT molecular complexity index is 741. The van der Waals surface area contributed by atoms with Crippen molar-refractivity contribution in [2.24, 2.45) is 7.05 Å². The second-order valence-corrected chi connectivity index (χ2v) is 8.73. The summed E-state index contributed by atoms with van der Waals surface area (Å²) in [7, 11) is 3.67. The molecule has 1 aromatic carbocycles. The Hall–Kier alpha value is -1.50. The van der Waals surface area contributed by atoms with Crippen molar-refractivity contribution in [3.8, 4) is 0 Å². The molecule has 1 unspecified atom stereocenters. The molecule has 0 aliphatic heterocycles. The van der Waals surface area contributed by atoms with Crippen LogP contribution in [0.2, 0.25) is 0 Å². The summed E-state index contributed by atoms with van der Waals surface area (Å²) in [5.74, 6) is 0.0104. The lowest BCUT2D eigenvalue weighted by molar-refractivity contribution is -0.123. The van der Waals surface area contributed by atoms with Crippen molar-refractivity contribution in [3.63, 3.8) is 0 Å². The number of aryl methyl sites for hydroxylation is 2. The number of hydrogen-bond donors (Lipinski definition) is 2. The van der Waals surface area contributed by atoms with Gasteiger partial charge in [0.25, 0.3) is 0 Å². The molecule has 1 atom stereocenters. The summed E-state index contributed by atoms with van der Waals surface area (Å²) in [6, 6.07) is 8.32. The molecular formula is C20H29ClN4OS. The lowest BCUT2D eigenvalue weighted by Crippen LogP contribution is -2.43. The van der Waals surface area contributed by atoms with Crippen LogP contribution in [0, 0.1) is 6.92 Å². The molecule has 2 N–H and O–H groups in total. The van der Waals surface area contributed by atoms with Crippen molar-refractivity contribution < 1.29 is 4.79 Å². The van der Waals surface area contributed by atoms with Crippen molar-refractivity contribution in [2.45, 2.75) is 48.3 Å². The van der Waals surface area contributed by atoms with Crippen LogP contribution >= 0.6 is 24.2 Å². The minimum atomic E-state index is -0.369. The zero-order valence-electron chi connectivity index (χ0n) is 16.2. The van der Waals surface area contributed by atoms with Crippen LogP contribution in [0.4, 0.5) is 0 Å². The summed E-state index contributed by atoms with van der Waals surface area (Å²) in [6.07, 6.45) is 8.37. The van der Waals surface area contributed by atoms with E-state index in [9.17, 15) is 4.79 Å². The van der Waals surface area contributed by atoms with Crippen LogP contribution in [-0.4, -0.2) is 34.0 Å². The Labute approximate surface area is 172 Å². The normalized spacial score (nSPS) is 16.6. The first-order chi connectivity index (χ1) is 12.5. The smallest absolute Gasteiger partial charge is 0.241 e. The van der Waals surface area contributed by atoms with Crippen molar-refractivity contribution in [2.75, 3.05) is 13.6 Å². The van der Waals surface area contributed by atoms with Crippen LogP contribution < -0.4 is 10.6 Å². The highest BCUT2D eigenvalue weighted by molar-refractivity contribution is 8.00. The number of aromatic nitrogens is 2. The van der Waals surface area contributed by atoms with Crippen molar-refractivity contribution in [1.29, 1.82) is 0 Å². The van der Waals surface area contributed by atoms with Gasteiger partial charge in [-0.15, -0.1) is 24.2 Å². The third-order valence-corrected chi connectivity index (χ3v) is 6.56. The number of benzene rings is 1. The fourth-order valence-corrected chi connectivity index (χ4v) is 4.99. The van der Waals surface area contributed by atoms with Crippen LogP contribution in [0.1, 0.15) is 42.9 Å². The van der Waals surface area contributed by atoms with Gasteiger partial charge >= 0.3 is 0 Å². The molecule has 1 aliphatic rings. The molecule has 7 heteroatoms. The first-order valence-electron chi connectivity index (χ1n) is 9.20. The second kappa shape index (κ2) is 9.62. The quantitative estimate of drug-likeness (QED) is 0.734. The van der Waals surface area contributed by atoms with Gasteiger partial charge in [0.2, 0.25) is 5.91 Å². The number of carbonyl (C=O) groups is 1. The van der Waals surface area contributed by atoms with Gasteiger partial charge in [-0.3, -0.25) is 9.48 Å². The summed E-state index contributed by atoms with van der Waals surface area (Å²) in [5.41, 5.74) is 2.16. The molecule has 148 valence electrons. The summed E-state index contributed by atoms with van der Waals surface area (Å²) in [5, 5.41) is 10.5. The average Bonchev–Trinajstić information content (AvgIpc) is 3.26. The van der Waals surface area contributed by atoms with Crippen molar-refractivity contribution in [3.05, 3.63) is 47.8 Å². The fourth-order valence-electron chi connectivity index (χ4n) is 3.58. The van der Waals surface area contributed by atoms with Crippen LogP contribution in [-0.2, 0) is 11.8 Å². The molecule has 0 saturated heterocycles. The van der Waals surface area contributed by atoms with Gasteiger partial charge < -0.3 is 10.6 Å². The Morgan fingerprint density at radius 3 is 2.52 bits per heavy atom. The number of halogens is 1. The topological polar surface area (TPSA) is 59.0 Å². The average molecular weight is 409 g/mol. The zero-order valence-corrected chi connectivity index (χ0v) is 17.8. The Morgan fingerprint density at radius 1 is 1.30 bits per heavy atom. The van der Waals surface area contributed by atoms with Gasteiger partial charge in [0.05, 0.1) is 6.20 Å². The van der Waals surface area contributed by atoms with Gasteiger partial charge in [0.1, 0.15) is 6.04 Å². The summed E-state index contributed by atoms with van der Waals surface area (Å²) in [6.45, 7) is 2.80. The monoisotopic (exact) mass is 408 g/mol. The van der Waals surface area contributed by atoms with E-state index in [1.54, 1.807) is 10.9 Å². The van der Waals surface area contributed by atoms with E-state index < -0.39 is 0 Å². The standard InChI is InChI=1S/C20H28N4OS.ClH/c1-15-6-8-17(9-7-15)26-20(10-4-5-11-20)14-22-19(25)18(21-2)16-12-23-24(3)13-16;/h6-9,12-13,18,21H,4-5,10-11,14H2,1-3H3,(H,22,25);1H. The molecule has 0 bridgehead atoms. The van der Waals surface area contributed by atoms with Gasteiger partial charge in [-0.1, -0.05) is 30.5 Å². The van der Waals surface area contributed by atoms with Crippen LogP contribution in [0.5, 0.6) is 0 Å². The van der Waals surface area contributed by atoms with Crippen molar-refractivity contribution in [1.82, 2.24) is 20.4 Å². The van der Waals surface area contributed by atoms with Gasteiger partial charge in [-0.2, -0.15) is 5.10 Å². The van der Waals surface area contributed by atoms with Gasteiger partial charge in [0, 0.05) is 35.0 Å². The number of hydrogen-bond acceptors (Lipinski definition) is 4. The third kappa shape index (κ3) is 5.50. The molecule has 3 rings (SSSR count). The molecular weight excluding hydrogens is 380 g/mol. The molecule has 1 fully saturated rings. The highest BCUT2D eigenvalue weighted by Crippen LogP contribution is 2.45. The van der Waals surface area contributed by atoms with Crippen LogP contribution in [0.15, 0.2) is 41.6 Å². The van der Waals surface area contributed by atoms with E-state index in [4.69, 9.17) is 0 Å². The first-order valence-corrected chi connectivity index (χ1v) is 10.0. The first kappa shape index (κ1) is 21.8. The van der Waals surface area contributed by atoms with E-state index in [2.05, 4.69) is 46.9 Å². The molecule has 5 nitrogen and oxygen atoms in total. The number of amides is 1. The largest absolute Gasteiger partial charge is 0.353 e. The summed E-state index contributed by atoms with van der Waals surface area (Å²) >= 11 is 1.92. The Morgan fingerprint density at radius 2 is 1.96 bits per heavy atom. The molecule has 27 heavy (non-hydrogen) atoms. The number of likely N-dealkylation sites (N-methyl/N-ethyl adjacent to an activating group) is 1. The number of rotatable bonds is 7. The van der Waals surface area contributed by atoms with E-state index in [0.29, 0.717) is 6.54 Å². The predicted octanol–water partition coefficient (Wildman–Crippen LogP) is 3.63. The number of nitrogens with zero attached hydrogens (tertiary/aromatic N) is 2. The number of carbonyl (C=O) groups excluding carboxylic acids is 1. The van der Waals surface area contributed by atoms with E-state index in [1.165, 1.54) is 23.3 Å². The lowest BCUT2D eigenvalue weighted by Gasteiger charge is -2.29. The predicted molar refractivity (Wildman–Crippen MR) is 114 cm³/mol. The summed E-state index contributed by atoms with van der Waals surface area (Å²) < 4.78 is 1.82. The van der Waals surface area contributed by atoms with Crippen molar-refractivity contribution >= 4 is 30.1 Å². The van der Waals surface area contributed by atoms with Crippen LogP contribution in [0.3, 0.4) is 0 Å². The number of thioether (sulfide) groups is 1. The minimum absolute atomic E-state index is 0. The van der Waals surface area contributed by atoms with Gasteiger partial charge in [-0.25, -0.2) is 0 Å². The van der Waals surface area contributed by atoms with E-state index in [1.807, 2.05) is 32.1 Å². The molecule has 1 amide bonds. The SMILES string of the molecule is CNC(C(=O)NCC1(Sc2ccc(C)cc2)CCCC1)c1cnn(C)c1.Cl. The highest BCUT2D eigenvalue weighted by Gasteiger charge is 2.36. The fraction of sp³-hybridized carbons (Fsp3) is 0.500. The van der Waals surface area contributed by atoms with Gasteiger partial charge in [-0.05, 0) is 38.9 Å². The van der Waals surface area contributed by atoms with Gasteiger partial charge in [0.15, 0.2) is 0 Å². The Balaban J connectivity index is 0.00000261. The molecule has 0 spiro atoms. The maximum absolute atomic E-state index is 12.8. The third-order valence-electron chi connectivity index (χ3n) is 5.06. The number of nitrogens with one attached hydrogen (secondary N) is 2. The van der Waals surface area contributed by atoms with E-state index in [-0.39, 0.29) is 29.1 Å². The van der Waals surface area contributed by atoms with E-state index in [0.717, 1.165) is 18.4 Å². The van der Waals surface area contributed by atoms with E-state index >= 15 is 0 Å². The maximum Gasteiger partial charge on any atom is 0.241 e. The summed E-state index contributed by atoms with van der Waals surface area (Å²) in [4.78, 5) is 14.0. The highest BCUT2D eigenvalue weighted by atomic mass is 35.5. The molecule has 1 aliphatic carbocycles. The maximum atomic E-state index is 12.8. The minimum Gasteiger partial charge on any atom is -0.353 e. The molecule has 1 heterocycles.